The highest BCUT2D eigenvalue weighted by Crippen LogP contribution is 2.38. The van der Waals surface area contributed by atoms with Gasteiger partial charge in [-0.25, -0.2) is 8.78 Å². The normalized spacial score (nSPS) is 19.4. The quantitative estimate of drug-likeness (QED) is 0.799. The SMILES string of the molecule is NC1(c2cccc(F)c2CF)CCCC1. The van der Waals surface area contributed by atoms with Gasteiger partial charge in [0, 0.05) is 11.1 Å². The molecule has 15 heavy (non-hydrogen) atoms. The standard InChI is InChI=1S/C12H15F2N/c13-8-9-10(4-3-5-11(9)14)12(15)6-1-2-7-12/h3-5H,1-2,6-8,15H2. The zero-order valence-corrected chi connectivity index (χ0v) is 8.60. The Morgan fingerprint density at radius 3 is 2.53 bits per heavy atom. The van der Waals surface area contributed by atoms with Crippen LogP contribution in [0.25, 0.3) is 0 Å². The van der Waals surface area contributed by atoms with Gasteiger partial charge in [0.2, 0.25) is 0 Å². The van der Waals surface area contributed by atoms with E-state index < -0.39 is 18.0 Å². The lowest BCUT2D eigenvalue weighted by atomic mass is 9.86. The Balaban J connectivity index is 2.47. The molecular weight excluding hydrogens is 196 g/mol. The molecule has 1 aliphatic rings. The molecule has 0 aliphatic heterocycles. The zero-order valence-electron chi connectivity index (χ0n) is 8.60. The van der Waals surface area contributed by atoms with Crippen molar-refractivity contribution in [3.63, 3.8) is 0 Å². The van der Waals surface area contributed by atoms with Crippen LogP contribution in [-0.2, 0) is 12.2 Å². The Morgan fingerprint density at radius 1 is 1.27 bits per heavy atom. The summed E-state index contributed by atoms with van der Waals surface area (Å²) in [5.41, 5.74) is 6.48. The Hall–Kier alpha value is -0.960. The van der Waals surface area contributed by atoms with Crippen LogP contribution in [0.4, 0.5) is 8.78 Å². The van der Waals surface area contributed by atoms with E-state index in [1.807, 2.05) is 0 Å². The number of benzene rings is 1. The van der Waals surface area contributed by atoms with Crippen molar-refractivity contribution in [2.45, 2.75) is 37.9 Å². The molecule has 2 rings (SSSR count). The van der Waals surface area contributed by atoms with Gasteiger partial charge in [0.1, 0.15) is 12.5 Å². The minimum Gasteiger partial charge on any atom is -0.321 e. The molecule has 0 radical (unpaired) electrons. The maximum atomic E-state index is 13.4. The molecule has 0 amide bonds. The molecule has 0 atom stereocenters. The summed E-state index contributed by atoms with van der Waals surface area (Å²) < 4.78 is 26.2. The first-order chi connectivity index (χ1) is 7.17. The highest BCUT2D eigenvalue weighted by atomic mass is 19.1. The van der Waals surface area contributed by atoms with Crippen molar-refractivity contribution in [3.8, 4) is 0 Å². The van der Waals surface area contributed by atoms with Crippen molar-refractivity contribution in [1.82, 2.24) is 0 Å². The summed E-state index contributed by atoms with van der Waals surface area (Å²) in [6, 6.07) is 4.65. The number of rotatable bonds is 2. The number of halogens is 2. The Bertz CT molecular complexity index is 357. The summed E-state index contributed by atoms with van der Waals surface area (Å²) in [7, 11) is 0. The molecule has 0 bridgehead atoms. The van der Waals surface area contributed by atoms with Gasteiger partial charge in [0.15, 0.2) is 0 Å². The van der Waals surface area contributed by atoms with E-state index >= 15 is 0 Å². The van der Waals surface area contributed by atoms with Crippen molar-refractivity contribution in [2.24, 2.45) is 5.73 Å². The molecule has 3 heteroatoms. The Labute approximate surface area is 88.3 Å². The van der Waals surface area contributed by atoms with E-state index in [2.05, 4.69) is 0 Å². The van der Waals surface area contributed by atoms with Gasteiger partial charge in [-0.05, 0) is 24.5 Å². The van der Waals surface area contributed by atoms with Crippen molar-refractivity contribution in [2.75, 3.05) is 0 Å². The van der Waals surface area contributed by atoms with Crippen molar-refractivity contribution in [1.29, 1.82) is 0 Å². The molecule has 2 N–H and O–H groups in total. The van der Waals surface area contributed by atoms with Crippen LogP contribution < -0.4 is 5.73 Å². The van der Waals surface area contributed by atoms with Crippen LogP contribution in [0.3, 0.4) is 0 Å². The minimum absolute atomic E-state index is 0.141. The second-order valence-electron chi connectivity index (χ2n) is 4.26. The lowest BCUT2D eigenvalue weighted by Gasteiger charge is -2.26. The molecule has 1 fully saturated rings. The van der Waals surface area contributed by atoms with Crippen molar-refractivity contribution in [3.05, 3.63) is 35.1 Å². The molecule has 0 saturated heterocycles. The maximum Gasteiger partial charge on any atom is 0.129 e. The molecule has 1 aromatic carbocycles. The van der Waals surface area contributed by atoms with Gasteiger partial charge in [-0.3, -0.25) is 0 Å². The monoisotopic (exact) mass is 211 g/mol. The summed E-state index contributed by atoms with van der Waals surface area (Å²) in [5, 5.41) is 0. The fraction of sp³-hybridized carbons (Fsp3) is 0.500. The maximum absolute atomic E-state index is 13.4. The summed E-state index contributed by atoms with van der Waals surface area (Å²) in [5.74, 6) is -0.480. The van der Waals surface area contributed by atoms with Gasteiger partial charge in [-0.1, -0.05) is 25.0 Å². The van der Waals surface area contributed by atoms with Crippen LogP contribution in [-0.4, -0.2) is 0 Å². The topological polar surface area (TPSA) is 26.0 Å². The van der Waals surface area contributed by atoms with Crippen LogP contribution in [0, 0.1) is 5.82 Å². The first-order valence-electron chi connectivity index (χ1n) is 5.30. The molecule has 0 heterocycles. The Kier molecular flexibility index (Phi) is 2.74. The Morgan fingerprint density at radius 2 is 1.93 bits per heavy atom. The summed E-state index contributed by atoms with van der Waals surface area (Å²) >= 11 is 0. The molecule has 0 unspecified atom stereocenters. The van der Waals surface area contributed by atoms with Gasteiger partial charge in [-0.15, -0.1) is 0 Å². The predicted molar refractivity (Wildman–Crippen MR) is 55.5 cm³/mol. The average Bonchev–Trinajstić information content (AvgIpc) is 2.66. The molecule has 0 aromatic heterocycles. The predicted octanol–water partition coefficient (Wildman–Crippen LogP) is 3.02. The number of hydrogen-bond acceptors (Lipinski definition) is 1. The largest absolute Gasteiger partial charge is 0.321 e. The van der Waals surface area contributed by atoms with Gasteiger partial charge in [-0.2, -0.15) is 0 Å². The first kappa shape index (κ1) is 10.6. The summed E-state index contributed by atoms with van der Waals surface area (Å²) in [4.78, 5) is 0. The van der Waals surface area contributed by atoms with Gasteiger partial charge in [0.05, 0.1) is 0 Å². The average molecular weight is 211 g/mol. The second kappa shape index (κ2) is 3.89. The lowest BCUT2D eigenvalue weighted by molar-refractivity contribution is 0.418. The van der Waals surface area contributed by atoms with Gasteiger partial charge in [0.25, 0.3) is 0 Å². The summed E-state index contributed by atoms with van der Waals surface area (Å²) in [6.45, 7) is -0.777. The van der Waals surface area contributed by atoms with Crippen LogP contribution >= 0.6 is 0 Å². The highest BCUT2D eigenvalue weighted by molar-refractivity contribution is 5.35. The molecule has 1 saturated carbocycles. The van der Waals surface area contributed by atoms with E-state index in [9.17, 15) is 8.78 Å². The van der Waals surface area contributed by atoms with E-state index in [0.29, 0.717) is 5.56 Å². The van der Waals surface area contributed by atoms with Crippen LogP contribution in [0.5, 0.6) is 0 Å². The summed E-state index contributed by atoms with van der Waals surface area (Å²) in [6.07, 6.45) is 3.73. The lowest BCUT2D eigenvalue weighted by Crippen LogP contribution is -2.34. The zero-order chi connectivity index (χ0) is 10.9. The molecule has 82 valence electrons. The van der Waals surface area contributed by atoms with Crippen molar-refractivity contribution < 1.29 is 8.78 Å². The molecule has 1 nitrogen and oxygen atoms in total. The van der Waals surface area contributed by atoms with Gasteiger partial charge < -0.3 is 5.73 Å². The minimum atomic E-state index is -0.777. The van der Waals surface area contributed by atoms with Crippen LogP contribution in [0.2, 0.25) is 0 Å². The van der Waals surface area contributed by atoms with Crippen molar-refractivity contribution >= 4 is 0 Å². The molecule has 1 aliphatic carbocycles. The molecule has 1 aromatic rings. The first-order valence-corrected chi connectivity index (χ1v) is 5.30. The van der Waals surface area contributed by atoms with E-state index in [4.69, 9.17) is 5.73 Å². The van der Waals surface area contributed by atoms with Crippen LogP contribution in [0.15, 0.2) is 18.2 Å². The third kappa shape index (κ3) is 1.76. The highest BCUT2D eigenvalue weighted by Gasteiger charge is 2.33. The fourth-order valence-electron chi connectivity index (χ4n) is 2.44. The number of hydrogen-bond donors (Lipinski definition) is 1. The van der Waals surface area contributed by atoms with E-state index in [0.717, 1.165) is 25.7 Å². The smallest absolute Gasteiger partial charge is 0.129 e. The van der Waals surface area contributed by atoms with Crippen LogP contribution in [0.1, 0.15) is 36.8 Å². The van der Waals surface area contributed by atoms with E-state index in [1.165, 1.54) is 6.07 Å². The van der Waals surface area contributed by atoms with Gasteiger partial charge >= 0.3 is 0 Å². The second-order valence-corrected chi connectivity index (χ2v) is 4.26. The molecular formula is C12H15F2N. The number of nitrogens with two attached hydrogens (primary N) is 1. The molecule has 0 spiro atoms. The third-order valence-corrected chi connectivity index (χ3v) is 3.28. The van der Waals surface area contributed by atoms with E-state index in [1.54, 1.807) is 12.1 Å². The van der Waals surface area contributed by atoms with E-state index in [-0.39, 0.29) is 5.56 Å². The number of alkyl halides is 1. The third-order valence-electron chi connectivity index (χ3n) is 3.28. The fourth-order valence-corrected chi connectivity index (χ4v) is 2.44.